The molecule has 0 aromatic carbocycles. The predicted molar refractivity (Wildman–Crippen MR) is 88.4 cm³/mol. The zero-order valence-corrected chi connectivity index (χ0v) is 14.6. The minimum atomic E-state index is -0.840. The Bertz CT molecular complexity index is 684. The lowest BCUT2D eigenvalue weighted by Gasteiger charge is -2.26. The van der Waals surface area contributed by atoms with E-state index in [-0.39, 0.29) is 17.7 Å². The molecule has 3 aliphatic rings. The van der Waals surface area contributed by atoms with Gasteiger partial charge in [-0.3, -0.25) is 14.5 Å². The van der Waals surface area contributed by atoms with Crippen LogP contribution < -0.4 is 0 Å². The fraction of sp³-hybridized carbons (Fsp3) is 0.765. The molecule has 0 unspecified atom stereocenters. The Kier molecular flexibility index (Phi) is 4.02. The Labute approximate surface area is 146 Å². The third-order valence-electron chi connectivity index (χ3n) is 6.29. The molecule has 1 aliphatic carbocycles. The largest absolute Gasteiger partial charge is 0.481 e. The van der Waals surface area contributed by atoms with Crippen LogP contribution in [0.1, 0.15) is 31.5 Å². The summed E-state index contributed by atoms with van der Waals surface area (Å²) in [5.41, 5.74) is -0.840. The Morgan fingerprint density at radius 1 is 1.28 bits per heavy atom. The number of likely N-dealkylation sites (tertiary alicyclic amines) is 2. The molecule has 8 nitrogen and oxygen atoms in total. The Morgan fingerprint density at radius 2 is 2.04 bits per heavy atom. The van der Waals surface area contributed by atoms with Crippen molar-refractivity contribution < 1.29 is 14.7 Å². The van der Waals surface area contributed by atoms with Crippen LogP contribution in [-0.4, -0.2) is 67.7 Å². The average molecular weight is 347 g/mol. The van der Waals surface area contributed by atoms with Crippen molar-refractivity contribution in [2.75, 3.05) is 26.2 Å². The van der Waals surface area contributed by atoms with Crippen LogP contribution >= 0.6 is 0 Å². The van der Waals surface area contributed by atoms with Gasteiger partial charge in [-0.1, -0.05) is 12.8 Å². The summed E-state index contributed by atoms with van der Waals surface area (Å²) in [5, 5.41) is 17.9. The monoisotopic (exact) mass is 347 g/mol. The topological polar surface area (TPSA) is 91.6 Å². The first-order chi connectivity index (χ1) is 12.0. The van der Waals surface area contributed by atoms with Crippen molar-refractivity contribution in [3.05, 3.63) is 12.2 Å². The molecule has 25 heavy (non-hydrogen) atoms. The van der Waals surface area contributed by atoms with Gasteiger partial charge in [-0.2, -0.15) is 0 Å². The third-order valence-corrected chi connectivity index (χ3v) is 6.29. The zero-order chi connectivity index (χ0) is 17.6. The second kappa shape index (κ2) is 6.09. The normalized spacial score (nSPS) is 30.1. The third kappa shape index (κ3) is 2.72. The molecule has 1 N–H and O–H groups in total. The van der Waals surface area contributed by atoms with E-state index in [1.807, 2.05) is 16.5 Å². The number of nitrogens with zero attached hydrogens (tertiary/aromatic N) is 5. The fourth-order valence-electron chi connectivity index (χ4n) is 4.84. The standard InChI is InChI=1S/C17H25N5O3/c1-20-11-18-19-14(20)8-21-6-13-7-22(10-17(13,9-21)16(24)25)15(23)12-4-2-3-5-12/h11-13H,2-10H2,1H3,(H,24,25)/t13-,17-/m0/s1. The molecule has 3 heterocycles. The van der Waals surface area contributed by atoms with Crippen LogP contribution in [0.15, 0.2) is 6.33 Å². The quantitative estimate of drug-likeness (QED) is 0.845. The first-order valence-corrected chi connectivity index (χ1v) is 9.07. The minimum Gasteiger partial charge on any atom is -0.481 e. The molecule has 0 radical (unpaired) electrons. The molecule has 1 saturated carbocycles. The van der Waals surface area contributed by atoms with E-state index in [9.17, 15) is 14.7 Å². The lowest BCUT2D eigenvalue weighted by molar-refractivity contribution is -0.149. The molecule has 1 aromatic heterocycles. The maximum atomic E-state index is 12.7. The van der Waals surface area contributed by atoms with Crippen LogP contribution in [0.5, 0.6) is 0 Å². The highest BCUT2D eigenvalue weighted by molar-refractivity contribution is 5.83. The molecule has 3 fully saturated rings. The van der Waals surface area contributed by atoms with E-state index < -0.39 is 11.4 Å². The van der Waals surface area contributed by atoms with E-state index in [1.165, 1.54) is 0 Å². The second-order valence-corrected chi connectivity index (χ2v) is 7.89. The van der Waals surface area contributed by atoms with Gasteiger partial charge < -0.3 is 14.6 Å². The molecule has 2 aliphatic heterocycles. The summed E-state index contributed by atoms with van der Waals surface area (Å²) >= 11 is 0. The Balaban J connectivity index is 1.47. The highest BCUT2D eigenvalue weighted by atomic mass is 16.4. The number of hydrogen-bond donors (Lipinski definition) is 1. The van der Waals surface area contributed by atoms with Crippen LogP contribution in [0.4, 0.5) is 0 Å². The molecular formula is C17H25N5O3. The van der Waals surface area contributed by atoms with Gasteiger partial charge in [0.1, 0.15) is 17.6 Å². The first-order valence-electron chi connectivity index (χ1n) is 9.07. The molecule has 8 heteroatoms. The Morgan fingerprint density at radius 3 is 2.64 bits per heavy atom. The molecule has 2 atom stereocenters. The van der Waals surface area contributed by atoms with E-state index in [0.717, 1.165) is 31.5 Å². The van der Waals surface area contributed by atoms with Crippen molar-refractivity contribution in [1.29, 1.82) is 0 Å². The second-order valence-electron chi connectivity index (χ2n) is 7.89. The Hall–Kier alpha value is -1.96. The number of carboxylic acids is 1. The SMILES string of the molecule is Cn1cnnc1CN1C[C@H]2CN(C(=O)C3CCCC3)C[C@@]2(C(=O)O)C1. The van der Waals surface area contributed by atoms with Gasteiger partial charge in [0.25, 0.3) is 0 Å². The number of hydrogen-bond acceptors (Lipinski definition) is 5. The molecule has 1 aromatic rings. The fourth-order valence-corrected chi connectivity index (χ4v) is 4.84. The van der Waals surface area contributed by atoms with Gasteiger partial charge in [-0.05, 0) is 12.8 Å². The van der Waals surface area contributed by atoms with Gasteiger partial charge in [-0.15, -0.1) is 10.2 Å². The van der Waals surface area contributed by atoms with Gasteiger partial charge in [0.15, 0.2) is 0 Å². The van der Waals surface area contributed by atoms with Crippen LogP contribution in [0.25, 0.3) is 0 Å². The van der Waals surface area contributed by atoms with Gasteiger partial charge in [0.2, 0.25) is 5.91 Å². The van der Waals surface area contributed by atoms with E-state index in [1.54, 1.807) is 6.33 Å². The van der Waals surface area contributed by atoms with E-state index in [2.05, 4.69) is 15.1 Å². The maximum absolute atomic E-state index is 12.7. The highest BCUT2D eigenvalue weighted by Gasteiger charge is 2.58. The first kappa shape index (κ1) is 16.5. The number of rotatable bonds is 4. The van der Waals surface area contributed by atoms with Gasteiger partial charge in [0, 0.05) is 45.1 Å². The van der Waals surface area contributed by atoms with E-state index in [4.69, 9.17) is 0 Å². The number of aromatic nitrogens is 3. The van der Waals surface area contributed by atoms with Crippen molar-refractivity contribution in [3.63, 3.8) is 0 Å². The molecule has 136 valence electrons. The van der Waals surface area contributed by atoms with Gasteiger partial charge in [0.05, 0.1) is 6.54 Å². The van der Waals surface area contributed by atoms with Crippen LogP contribution in [0.2, 0.25) is 0 Å². The van der Waals surface area contributed by atoms with E-state index >= 15 is 0 Å². The van der Waals surface area contributed by atoms with Crippen molar-refractivity contribution in [3.8, 4) is 0 Å². The zero-order valence-electron chi connectivity index (χ0n) is 14.6. The van der Waals surface area contributed by atoms with Gasteiger partial charge >= 0.3 is 5.97 Å². The summed E-state index contributed by atoms with van der Waals surface area (Å²) in [7, 11) is 1.89. The molecule has 4 rings (SSSR count). The number of fused-ring (bicyclic) bond motifs is 1. The minimum absolute atomic E-state index is 0.0106. The number of carboxylic acid groups (broad SMARTS) is 1. The van der Waals surface area contributed by atoms with Crippen molar-refractivity contribution in [2.24, 2.45) is 24.3 Å². The summed E-state index contributed by atoms with van der Waals surface area (Å²) in [6.07, 6.45) is 5.80. The van der Waals surface area contributed by atoms with Crippen LogP contribution in [0.3, 0.4) is 0 Å². The summed E-state index contributed by atoms with van der Waals surface area (Å²) in [6.45, 7) is 2.66. The lowest BCUT2D eigenvalue weighted by Crippen LogP contribution is -2.43. The molecule has 0 bridgehead atoms. The number of amides is 1. The maximum Gasteiger partial charge on any atom is 0.313 e. The van der Waals surface area contributed by atoms with Crippen molar-refractivity contribution >= 4 is 11.9 Å². The van der Waals surface area contributed by atoms with Crippen molar-refractivity contribution in [2.45, 2.75) is 32.2 Å². The van der Waals surface area contributed by atoms with E-state index in [0.29, 0.717) is 32.7 Å². The predicted octanol–water partition coefficient (Wildman–Crippen LogP) is 0.350. The van der Waals surface area contributed by atoms with Crippen LogP contribution in [-0.2, 0) is 23.2 Å². The number of carbonyl (C=O) groups excluding carboxylic acids is 1. The molecule has 1 amide bonds. The lowest BCUT2D eigenvalue weighted by atomic mass is 9.81. The highest BCUT2D eigenvalue weighted by Crippen LogP contribution is 2.44. The smallest absolute Gasteiger partial charge is 0.313 e. The molecule has 0 spiro atoms. The summed E-state index contributed by atoms with van der Waals surface area (Å²) < 4.78 is 1.86. The van der Waals surface area contributed by atoms with Gasteiger partial charge in [-0.25, -0.2) is 0 Å². The number of aryl methyl sites for hydroxylation is 1. The summed E-state index contributed by atoms with van der Waals surface area (Å²) in [4.78, 5) is 28.8. The summed E-state index contributed by atoms with van der Waals surface area (Å²) in [5.74, 6) is 0.328. The van der Waals surface area contributed by atoms with Crippen LogP contribution in [0, 0.1) is 17.3 Å². The number of carbonyl (C=O) groups is 2. The number of aliphatic carboxylic acids is 1. The average Bonchev–Trinajstić information content (AvgIpc) is 3.31. The molecule has 2 saturated heterocycles. The molecular weight excluding hydrogens is 322 g/mol. The summed E-state index contributed by atoms with van der Waals surface area (Å²) in [6, 6.07) is 0. The van der Waals surface area contributed by atoms with Crippen molar-refractivity contribution in [1.82, 2.24) is 24.6 Å².